The molecule has 2 fully saturated rings. The van der Waals surface area contributed by atoms with Crippen molar-refractivity contribution in [1.29, 1.82) is 0 Å². The molecule has 0 atom stereocenters. The summed E-state index contributed by atoms with van der Waals surface area (Å²) in [5.41, 5.74) is 1.75. The lowest BCUT2D eigenvalue weighted by Crippen LogP contribution is -2.49. The molecule has 1 saturated carbocycles. The van der Waals surface area contributed by atoms with Gasteiger partial charge in [0.05, 0.1) is 16.1 Å². The number of aromatic nitrogens is 3. The number of nitrogens with zero attached hydrogens (tertiary/aromatic N) is 4. The van der Waals surface area contributed by atoms with E-state index in [1.54, 1.807) is 0 Å². The van der Waals surface area contributed by atoms with Crippen LogP contribution in [0.4, 0.5) is 5.82 Å². The molecule has 9 nitrogen and oxygen atoms in total. The zero-order chi connectivity index (χ0) is 19.3. The maximum absolute atomic E-state index is 13.0. The SMILES string of the molecule is O=c1[nH]c2cc(S(=O)(=O)N3CCN(c4ccc(C5CC5)nn4)CC3)ccc2o1. The van der Waals surface area contributed by atoms with Crippen LogP contribution >= 0.6 is 0 Å². The Balaban J connectivity index is 1.31. The molecule has 1 saturated heterocycles. The number of anilines is 1. The highest BCUT2D eigenvalue weighted by atomic mass is 32.2. The molecular weight excluding hydrogens is 382 g/mol. The number of sulfonamides is 1. The first-order chi connectivity index (χ1) is 13.5. The Kier molecular flexibility index (Phi) is 3.98. The van der Waals surface area contributed by atoms with Crippen LogP contribution in [0.3, 0.4) is 0 Å². The van der Waals surface area contributed by atoms with Crippen molar-refractivity contribution in [1.82, 2.24) is 19.5 Å². The number of hydrogen-bond acceptors (Lipinski definition) is 7. The normalized spacial score (nSPS) is 18.6. The lowest BCUT2D eigenvalue weighted by Gasteiger charge is -2.34. The Morgan fingerprint density at radius 2 is 1.82 bits per heavy atom. The topological polar surface area (TPSA) is 112 Å². The van der Waals surface area contributed by atoms with Crippen LogP contribution in [0.1, 0.15) is 24.5 Å². The Labute approximate surface area is 161 Å². The molecule has 2 aliphatic rings. The van der Waals surface area contributed by atoms with Gasteiger partial charge < -0.3 is 9.32 Å². The summed E-state index contributed by atoms with van der Waals surface area (Å²) in [6.07, 6.45) is 2.37. The molecule has 1 aliphatic carbocycles. The zero-order valence-corrected chi connectivity index (χ0v) is 15.9. The first kappa shape index (κ1) is 17.4. The first-order valence-electron chi connectivity index (χ1n) is 9.22. The number of benzene rings is 1. The van der Waals surface area contributed by atoms with Gasteiger partial charge in [0.15, 0.2) is 11.4 Å². The van der Waals surface area contributed by atoms with Crippen molar-refractivity contribution in [2.24, 2.45) is 0 Å². The molecule has 1 N–H and O–H groups in total. The number of oxazole rings is 1. The molecule has 1 aliphatic heterocycles. The summed E-state index contributed by atoms with van der Waals surface area (Å²) in [7, 11) is -3.65. The van der Waals surface area contributed by atoms with E-state index in [1.165, 1.54) is 35.3 Å². The van der Waals surface area contributed by atoms with Crippen molar-refractivity contribution in [2.45, 2.75) is 23.7 Å². The number of piperazine rings is 1. The maximum Gasteiger partial charge on any atom is 0.417 e. The van der Waals surface area contributed by atoms with Gasteiger partial charge in [-0.25, -0.2) is 13.2 Å². The molecule has 10 heteroatoms. The fourth-order valence-electron chi connectivity index (χ4n) is 3.50. The summed E-state index contributed by atoms with van der Waals surface area (Å²) in [5.74, 6) is 0.733. The van der Waals surface area contributed by atoms with E-state index in [4.69, 9.17) is 4.42 Å². The van der Waals surface area contributed by atoms with Crippen LogP contribution in [-0.4, -0.2) is 54.1 Å². The van der Waals surface area contributed by atoms with Gasteiger partial charge in [0.1, 0.15) is 0 Å². The summed E-state index contributed by atoms with van der Waals surface area (Å²) in [6, 6.07) is 8.37. The van der Waals surface area contributed by atoms with E-state index in [0.29, 0.717) is 43.2 Å². The van der Waals surface area contributed by atoms with Gasteiger partial charge in [0, 0.05) is 32.1 Å². The average Bonchev–Trinajstić information content (AvgIpc) is 3.49. The quantitative estimate of drug-likeness (QED) is 0.701. The molecule has 146 valence electrons. The monoisotopic (exact) mass is 401 g/mol. The molecule has 3 heterocycles. The van der Waals surface area contributed by atoms with Crippen molar-refractivity contribution in [3.63, 3.8) is 0 Å². The maximum atomic E-state index is 13.0. The number of hydrogen-bond donors (Lipinski definition) is 1. The lowest BCUT2D eigenvalue weighted by molar-refractivity contribution is 0.383. The number of rotatable bonds is 4. The van der Waals surface area contributed by atoms with Gasteiger partial charge in [-0.15, -0.1) is 5.10 Å². The molecule has 0 spiro atoms. The van der Waals surface area contributed by atoms with Crippen molar-refractivity contribution < 1.29 is 12.8 Å². The Morgan fingerprint density at radius 3 is 2.50 bits per heavy atom. The third-order valence-electron chi connectivity index (χ3n) is 5.26. The van der Waals surface area contributed by atoms with Gasteiger partial charge in [0.25, 0.3) is 0 Å². The lowest BCUT2D eigenvalue weighted by atomic mass is 10.2. The molecule has 0 unspecified atom stereocenters. The van der Waals surface area contributed by atoms with E-state index in [1.807, 2.05) is 17.0 Å². The Bertz CT molecular complexity index is 1170. The van der Waals surface area contributed by atoms with E-state index in [0.717, 1.165) is 11.5 Å². The number of H-pyrrole nitrogens is 1. The summed E-state index contributed by atoms with van der Waals surface area (Å²) < 4.78 is 32.3. The highest BCUT2D eigenvalue weighted by Crippen LogP contribution is 2.38. The van der Waals surface area contributed by atoms with Crippen molar-refractivity contribution in [3.05, 3.63) is 46.6 Å². The van der Waals surface area contributed by atoms with Gasteiger partial charge in [0.2, 0.25) is 10.0 Å². The van der Waals surface area contributed by atoms with E-state index in [-0.39, 0.29) is 4.90 Å². The van der Waals surface area contributed by atoms with E-state index in [9.17, 15) is 13.2 Å². The van der Waals surface area contributed by atoms with Gasteiger partial charge in [-0.05, 0) is 43.2 Å². The summed E-state index contributed by atoms with van der Waals surface area (Å²) in [6.45, 7) is 1.80. The second kappa shape index (κ2) is 6.42. The number of fused-ring (bicyclic) bond motifs is 1. The highest BCUT2D eigenvalue weighted by molar-refractivity contribution is 7.89. The third kappa shape index (κ3) is 3.08. The van der Waals surface area contributed by atoms with Crippen molar-refractivity contribution in [3.8, 4) is 0 Å². The van der Waals surface area contributed by atoms with Crippen LogP contribution < -0.4 is 10.7 Å². The molecule has 0 amide bonds. The summed E-state index contributed by atoms with van der Waals surface area (Å²) >= 11 is 0. The van der Waals surface area contributed by atoms with Crippen LogP contribution in [0.5, 0.6) is 0 Å². The van der Waals surface area contributed by atoms with E-state index < -0.39 is 15.8 Å². The minimum Gasteiger partial charge on any atom is -0.408 e. The third-order valence-corrected chi connectivity index (χ3v) is 7.15. The van der Waals surface area contributed by atoms with E-state index in [2.05, 4.69) is 15.2 Å². The van der Waals surface area contributed by atoms with Crippen LogP contribution in [0.15, 0.2) is 44.4 Å². The second-order valence-corrected chi connectivity index (χ2v) is 9.09. The summed E-state index contributed by atoms with van der Waals surface area (Å²) in [5, 5.41) is 8.61. The van der Waals surface area contributed by atoms with Gasteiger partial charge >= 0.3 is 5.76 Å². The molecule has 28 heavy (non-hydrogen) atoms. The van der Waals surface area contributed by atoms with Crippen molar-refractivity contribution in [2.75, 3.05) is 31.1 Å². The molecule has 3 aromatic rings. The first-order valence-corrected chi connectivity index (χ1v) is 10.7. The molecule has 5 rings (SSSR count). The highest BCUT2D eigenvalue weighted by Gasteiger charge is 2.30. The average molecular weight is 401 g/mol. The fraction of sp³-hybridized carbons (Fsp3) is 0.389. The smallest absolute Gasteiger partial charge is 0.408 e. The van der Waals surface area contributed by atoms with Gasteiger partial charge in [-0.3, -0.25) is 4.98 Å². The second-order valence-electron chi connectivity index (χ2n) is 7.15. The molecule has 1 aromatic carbocycles. The minimum absolute atomic E-state index is 0.138. The number of nitrogens with one attached hydrogen (secondary N) is 1. The summed E-state index contributed by atoms with van der Waals surface area (Å²) in [4.78, 5) is 16.0. The number of aromatic amines is 1. The van der Waals surface area contributed by atoms with Crippen LogP contribution in [0, 0.1) is 0 Å². The molecule has 0 radical (unpaired) electrons. The fourth-order valence-corrected chi connectivity index (χ4v) is 4.95. The largest absolute Gasteiger partial charge is 0.417 e. The van der Waals surface area contributed by atoms with Crippen molar-refractivity contribution >= 4 is 26.9 Å². The molecule has 0 bridgehead atoms. The van der Waals surface area contributed by atoms with Gasteiger partial charge in [-0.1, -0.05) is 0 Å². The molecule has 2 aromatic heterocycles. The minimum atomic E-state index is -3.65. The standard InChI is InChI=1S/C18H19N5O4S/c24-18-19-15-11-13(3-5-16(15)27-18)28(25,26)23-9-7-22(8-10-23)17-6-4-14(20-21-17)12-1-2-12/h3-6,11-12H,1-2,7-10H2,(H,19,24). The predicted octanol–water partition coefficient (Wildman–Crippen LogP) is 1.30. The molecular formula is C18H19N5O4S. The van der Waals surface area contributed by atoms with E-state index >= 15 is 0 Å². The Hall–Kier alpha value is -2.72. The zero-order valence-electron chi connectivity index (χ0n) is 15.0. The van der Waals surface area contributed by atoms with Crippen LogP contribution in [0.2, 0.25) is 0 Å². The van der Waals surface area contributed by atoms with Crippen LogP contribution in [-0.2, 0) is 10.0 Å². The predicted molar refractivity (Wildman–Crippen MR) is 102 cm³/mol. The Morgan fingerprint density at radius 1 is 1.04 bits per heavy atom. The van der Waals surface area contributed by atoms with Crippen LogP contribution in [0.25, 0.3) is 11.1 Å². The van der Waals surface area contributed by atoms with Gasteiger partial charge in [-0.2, -0.15) is 9.40 Å².